The van der Waals surface area contributed by atoms with Gasteiger partial charge in [0.25, 0.3) is 15.9 Å². The molecule has 33 heavy (non-hydrogen) atoms. The lowest BCUT2D eigenvalue weighted by atomic mass is 9.90. The number of sulfonamides is 1. The number of nitrogens with zero attached hydrogens (tertiary/aromatic N) is 3. The second-order valence-corrected chi connectivity index (χ2v) is 10.6. The lowest BCUT2D eigenvalue weighted by Gasteiger charge is -2.36. The van der Waals surface area contributed by atoms with Crippen molar-refractivity contribution in [1.29, 1.82) is 0 Å². The van der Waals surface area contributed by atoms with Gasteiger partial charge in [-0.15, -0.1) is 0 Å². The van der Waals surface area contributed by atoms with Crippen molar-refractivity contribution in [3.05, 3.63) is 47.7 Å². The molecular formula is C23H29N5O4S. The van der Waals surface area contributed by atoms with Crippen molar-refractivity contribution in [2.45, 2.75) is 50.6 Å². The van der Waals surface area contributed by atoms with E-state index < -0.39 is 15.9 Å². The summed E-state index contributed by atoms with van der Waals surface area (Å²) in [7, 11) is -4.21. The van der Waals surface area contributed by atoms with Crippen LogP contribution in [-0.4, -0.2) is 43.0 Å². The van der Waals surface area contributed by atoms with E-state index in [2.05, 4.69) is 35.4 Å². The van der Waals surface area contributed by atoms with Crippen LogP contribution in [0.25, 0.3) is 5.76 Å². The van der Waals surface area contributed by atoms with E-state index in [1.54, 1.807) is 12.1 Å². The number of aromatic nitrogens is 2. The topological polar surface area (TPSA) is 128 Å². The zero-order valence-electron chi connectivity index (χ0n) is 19.0. The van der Waals surface area contributed by atoms with Gasteiger partial charge in [0.1, 0.15) is 23.1 Å². The molecule has 9 nitrogen and oxygen atoms in total. The molecule has 4 rings (SSSR count). The van der Waals surface area contributed by atoms with Crippen LogP contribution in [0.1, 0.15) is 56.1 Å². The maximum atomic E-state index is 13.2. The molecule has 2 aliphatic heterocycles. The van der Waals surface area contributed by atoms with Gasteiger partial charge in [0.05, 0.1) is 12.2 Å². The Morgan fingerprint density at radius 3 is 2.67 bits per heavy atom. The van der Waals surface area contributed by atoms with E-state index in [0.29, 0.717) is 36.3 Å². The molecule has 1 fully saturated rings. The zero-order chi connectivity index (χ0) is 23.8. The third-order valence-corrected chi connectivity index (χ3v) is 7.73. The van der Waals surface area contributed by atoms with Crippen LogP contribution >= 0.6 is 0 Å². The van der Waals surface area contributed by atoms with E-state index in [-0.39, 0.29) is 21.9 Å². The number of carbonyl (C=O) groups is 1. The summed E-state index contributed by atoms with van der Waals surface area (Å²) in [6.07, 6.45) is 4.77. The highest BCUT2D eigenvalue weighted by molar-refractivity contribution is 7.90. The number of hydrogen-bond donors (Lipinski definition) is 2. The van der Waals surface area contributed by atoms with E-state index in [9.17, 15) is 13.2 Å². The first-order chi connectivity index (χ1) is 15.6. The smallest absolute Gasteiger partial charge is 0.281 e. The molecule has 1 atom stereocenters. The molecule has 0 spiro atoms. The number of anilines is 2. The fourth-order valence-electron chi connectivity index (χ4n) is 4.12. The van der Waals surface area contributed by atoms with Crippen LogP contribution in [0.4, 0.5) is 11.6 Å². The number of nitrogens with one attached hydrogen (secondary N) is 1. The average molecular weight is 472 g/mol. The highest BCUT2D eigenvalue weighted by Crippen LogP contribution is 2.39. The molecule has 2 aliphatic rings. The molecule has 4 heterocycles. The van der Waals surface area contributed by atoms with Gasteiger partial charge < -0.3 is 15.4 Å². The minimum atomic E-state index is -4.21. The molecule has 10 heteroatoms. The third kappa shape index (κ3) is 4.52. The summed E-state index contributed by atoms with van der Waals surface area (Å²) in [5.74, 6) is 0.748. The Morgan fingerprint density at radius 1 is 1.24 bits per heavy atom. The average Bonchev–Trinajstić information content (AvgIpc) is 3.05. The second kappa shape index (κ2) is 8.66. The van der Waals surface area contributed by atoms with Gasteiger partial charge in [0.15, 0.2) is 5.03 Å². The van der Waals surface area contributed by atoms with E-state index in [0.717, 1.165) is 19.3 Å². The van der Waals surface area contributed by atoms with Crippen molar-refractivity contribution in [2.24, 2.45) is 5.92 Å². The summed E-state index contributed by atoms with van der Waals surface area (Å²) in [6.45, 7) is 7.68. The quantitative estimate of drug-likeness (QED) is 0.681. The van der Waals surface area contributed by atoms with Gasteiger partial charge in [-0.05, 0) is 69.4 Å². The molecule has 0 radical (unpaired) electrons. The molecule has 1 amide bonds. The molecule has 2 aromatic heterocycles. The minimum absolute atomic E-state index is 0.0468. The van der Waals surface area contributed by atoms with Crippen molar-refractivity contribution in [3.63, 3.8) is 0 Å². The largest absolute Gasteiger partial charge is 0.492 e. The monoisotopic (exact) mass is 471 g/mol. The summed E-state index contributed by atoms with van der Waals surface area (Å²) in [6, 6.07) is 7.52. The van der Waals surface area contributed by atoms with E-state index in [4.69, 9.17) is 15.5 Å². The number of carbonyl (C=O) groups excluding carboxylic acids is 1. The predicted molar refractivity (Wildman–Crippen MR) is 126 cm³/mol. The summed E-state index contributed by atoms with van der Waals surface area (Å²) in [4.78, 5) is 23.9. The maximum Gasteiger partial charge on any atom is 0.281 e. The second-order valence-electron chi connectivity index (χ2n) is 8.96. The fraction of sp³-hybridized carbons (Fsp3) is 0.435. The van der Waals surface area contributed by atoms with Gasteiger partial charge >= 0.3 is 0 Å². The Hall–Kier alpha value is -3.14. The van der Waals surface area contributed by atoms with Crippen molar-refractivity contribution < 1.29 is 17.9 Å². The number of amides is 1. The van der Waals surface area contributed by atoms with E-state index in [1.165, 1.54) is 18.2 Å². The Morgan fingerprint density at radius 2 is 2.03 bits per heavy atom. The van der Waals surface area contributed by atoms with E-state index >= 15 is 0 Å². The molecule has 3 N–H and O–H groups in total. The SMILES string of the molecule is CC1CCN(c2nc(C3=CCCCO3)ccc2C(=O)NS(=O)(=O)c2cccc(N)n2)C1(C)C. The first-order valence-corrected chi connectivity index (χ1v) is 12.5. The minimum Gasteiger partial charge on any atom is -0.492 e. The standard InChI is InChI=1S/C23H29N5O4S/c1-15-12-13-28(23(15,2)3)21-16(10-11-17(25-21)18-7-4-5-14-32-18)22(29)27-33(30,31)20-9-6-8-19(24)26-20/h6-11,15H,4-5,12-14H2,1-3H3,(H2,24,26)(H,27,29). The van der Waals surface area contributed by atoms with Gasteiger partial charge in [0.2, 0.25) is 0 Å². The van der Waals surface area contributed by atoms with Crippen molar-refractivity contribution in [2.75, 3.05) is 23.8 Å². The molecule has 1 unspecified atom stereocenters. The van der Waals surface area contributed by atoms with Crippen LogP contribution in [0.5, 0.6) is 0 Å². The Labute approximate surface area is 194 Å². The van der Waals surface area contributed by atoms with E-state index in [1.807, 2.05) is 6.08 Å². The number of allylic oxidation sites excluding steroid dienone is 1. The van der Waals surface area contributed by atoms with Crippen LogP contribution in [0.3, 0.4) is 0 Å². The fourth-order valence-corrected chi connectivity index (χ4v) is 5.07. The number of pyridine rings is 2. The lowest BCUT2D eigenvalue weighted by Crippen LogP contribution is -2.44. The summed E-state index contributed by atoms with van der Waals surface area (Å²) < 4.78 is 33.5. The number of ether oxygens (including phenoxy) is 1. The number of hydrogen-bond acceptors (Lipinski definition) is 8. The highest BCUT2D eigenvalue weighted by Gasteiger charge is 2.41. The van der Waals surface area contributed by atoms with Crippen LogP contribution in [0.15, 0.2) is 41.4 Å². The van der Waals surface area contributed by atoms with Gasteiger partial charge in [-0.2, -0.15) is 8.42 Å². The molecule has 0 aromatic carbocycles. The normalized spacial score (nSPS) is 20.2. The van der Waals surface area contributed by atoms with Crippen LogP contribution in [0, 0.1) is 5.92 Å². The zero-order valence-corrected chi connectivity index (χ0v) is 19.9. The highest BCUT2D eigenvalue weighted by atomic mass is 32.2. The van der Waals surface area contributed by atoms with Gasteiger partial charge in [-0.3, -0.25) is 4.79 Å². The van der Waals surface area contributed by atoms with Crippen LogP contribution in [0.2, 0.25) is 0 Å². The summed E-state index contributed by atoms with van der Waals surface area (Å²) in [5, 5.41) is -0.321. The molecule has 0 bridgehead atoms. The first-order valence-electron chi connectivity index (χ1n) is 11.0. The third-order valence-electron chi connectivity index (χ3n) is 6.50. The van der Waals surface area contributed by atoms with Gasteiger partial charge in [0, 0.05) is 12.1 Å². The van der Waals surface area contributed by atoms with Crippen LogP contribution < -0.4 is 15.4 Å². The summed E-state index contributed by atoms with van der Waals surface area (Å²) in [5.41, 5.74) is 6.14. The number of rotatable bonds is 5. The van der Waals surface area contributed by atoms with Crippen molar-refractivity contribution in [3.8, 4) is 0 Å². The maximum absolute atomic E-state index is 13.2. The number of nitrogens with two attached hydrogens (primary N) is 1. The molecule has 176 valence electrons. The molecule has 0 aliphatic carbocycles. The number of nitrogen functional groups attached to an aromatic ring is 1. The van der Waals surface area contributed by atoms with Crippen LogP contribution in [-0.2, 0) is 14.8 Å². The van der Waals surface area contributed by atoms with Gasteiger partial charge in [-0.25, -0.2) is 14.7 Å². The Bertz CT molecular complexity index is 1210. The van der Waals surface area contributed by atoms with Crippen molar-refractivity contribution >= 4 is 33.3 Å². The summed E-state index contributed by atoms with van der Waals surface area (Å²) >= 11 is 0. The Balaban J connectivity index is 1.74. The molecule has 0 saturated carbocycles. The molecular weight excluding hydrogens is 442 g/mol. The van der Waals surface area contributed by atoms with Gasteiger partial charge in [-0.1, -0.05) is 13.0 Å². The Kier molecular flexibility index (Phi) is 6.04. The first kappa shape index (κ1) is 23.0. The van der Waals surface area contributed by atoms with Crippen molar-refractivity contribution in [1.82, 2.24) is 14.7 Å². The predicted octanol–water partition coefficient (Wildman–Crippen LogP) is 2.95. The molecule has 2 aromatic rings. The molecule has 1 saturated heterocycles. The lowest BCUT2D eigenvalue weighted by molar-refractivity contribution is 0.0981.